The molecule has 0 saturated carbocycles. The molecule has 0 aromatic carbocycles. The highest BCUT2D eigenvalue weighted by molar-refractivity contribution is 5.78. The van der Waals surface area contributed by atoms with E-state index in [-0.39, 0.29) is 5.91 Å². The number of nitrogens with zero attached hydrogens (tertiary/aromatic N) is 2. The summed E-state index contributed by atoms with van der Waals surface area (Å²) >= 11 is 0. The van der Waals surface area contributed by atoms with E-state index in [2.05, 4.69) is 27.5 Å². The minimum absolute atomic E-state index is 0.192. The van der Waals surface area contributed by atoms with Gasteiger partial charge in [0.1, 0.15) is 0 Å². The Morgan fingerprint density at radius 3 is 3.00 bits per heavy atom. The highest BCUT2D eigenvalue weighted by atomic mass is 16.2. The first-order valence-electron chi connectivity index (χ1n) is 7.15. The lowest BCUT2D eigenvalue weighted by Crippen LogP contribution is -2.49. The van der Waals surface area contributed by atoms with Gasteiger partial charge in [0, 0.05) is 25.7 Å². The van der Waals surface area contributed by atoms with E-state index in [0.29, 0.717) is 12.6 Å². The molecular formula is C13H26N4O. The number of hydrogen-bond acceptors (Lipinski definition) is 4. The number of hydrogen-bond donors (Lipinski definition) is 2. The quantitative estimate of drug-likeness (QED) is 0.712. The number of rotatable bonds is 3. The Labute approximate surface area is 110 Å². The van der Waals surface area contributed by atoms with Crippen LogP contribution < -0.4 is 10.6 Å². The lowest BCUT2D eigenvalue weighted by molar-refractivity contribution is -0.123. The number of carbonyl (C=O) groups is 1. The summed E-state index contributed by atoms with van der Waals surface area (Å²) in [6.07, 6.45) is 3.45. The Morgan fingerprint density at radius 1 is 1.28 bits per heavy atom. The first kappa shape index (κ1) is 13.8. The Bertz CT molecular complexity index is 258. The molecule has 5 heteroatoms. The molecule has 2 heterocycles. The van der Waals surface area contributed by atoms with Crippen LogP contribution in [0.5, 0.6) is 0 Å². The van der Waals surface area contributed by atoms with Gasteiger partial charge in [-0.1, -0.05) is 0 Å². The van der Waals surface area contributed by atoms with Gasteiger partial charge in [0.15, 0.2) is 0 Å². The summed E-state index contributed by atoms with van der Waals surface area (Å²) in [5.41, 5.74) is 0. The van der Waals surface area contributed by atoms with Crippen LogP contribution in [0.2, 0.25) is 0 Å². The zero-order valence-electron chi connectivity index (χ0n) is 11.5. The van der Waals surface area contributed by atoms with Gasteiger partial charge in [0.05, 0.1) is 6.54 Å². The number of amides is 1. The van der Waals surface area contributed by atoms with Gasteiger partial charge < -0.3 is 15.5 Å². The monoisotopic (exact) mass is 254 g/mol. The van der Waals surface area contributed by atoms with E-state index in [1.165, 1.54) is 6.42 Å². The molecule has 0 aromatic heterocycles. The average Bonchev–Trinajstić information content (AvgIpc) is 2.57. The third-order valence-electron chi connectivity index (χ3n) is 3.79. The number of likely N-dealkylation sites (N-methyl/N-ethyl adjacent to an activating group) is 1. The fourth-order valence-corrected chi connectivity index (χ4v) is 2.82. The molecule has 1 unspecified atom stereocenters. The molecule has 2 aliphatic heterocycles. The van der Waals surface area contributed by atoms with Crippen molar-refractivity contribution in [3.63, 3.8) is 0 Å². The van der Waals surface area contributed by atoms with Crippen molar-refractivity contribution in [3.05, 3.63) is 0 Å². The Kier molecular flexibility index (Phi) is 5.41. The molecule has 5 nitrogen and oxygen atoms in total. The molecule has 0 bridgehead atoms. The van der Waals surface area contributed by atoms with Crippen LogP contribution in [0, 0.1) is 0 Å². The largest absolute Gasteiger partial charge is 0.351 e. The second kappa shape index (κ2) is 7.07. The SMILES string of the molecule is CN1CCCC(NC(=O)CN2CCCNCC2)C1. The zero-order chi connectivity index (χ0) is 12.8. The normalized spacial score (nSPS) is 27.7. The molecule has 2 aliphatic rings. The highest BCUT2D eigenvalue weighted by Crippen LogP contribution is 2.07. The summed E-state index contributed by atoms with van der Waals surface area (Å²) < 4.78 is 0. The second-order valence-electron chi connectivity index (χ2n) is 5.55. The van der Waals surface area contributed by atoms with Crippen LogP contribution in [-0.4, -0.2) is 74.6 Å². The first-order chi connectivity index (χ1) is 8.74. The van der Waals surface area contributed by atoms with Crippen LogP contribution in [0.15, 0.2) is 0 Å². The van der Waals surface area contributed by atoms with E-state index < -0.39 is 0 Å². The molecule has 0 aromatic rings. The molecule has 1 atom stereocenters. The minimum atomic E-state index is 0.192. The van der Waals surface area contributed by atoms with Gasteiger partial charge in [-0.2, -0.15) is 0 Å². The molecule has 104 valence electrons. The summed E-state index contributed by atoms with van der Waals surface area (Å²) in [6.45, 7) is 6.80. The van der Waals surface area contributed by atoms with Gasteiger partial charge >= 0.3 is 0 Å². The minimum Gasteiger partial charge on any atom is -0.351 e. The summed E-state index contributed by atoms with van der Waals surface area (Å²) in [5.74, 6) is 0.192. The van der Waals surface area contributed by atoms with Crippen LogP contribution in [0.4, 0.5) is 0 Å². The van der Waals surface area contributed by atoms with Gasteiger partial charge in [-0.15, -0.1) is 0 Å². The molecule has 2 N–H and O–H groups in total. The second-order valence-corrected chi connectivity index (χ2v) is 5.55. The summed E-state index contributed by atoms with van der Waals surface area (Å²) in [5, 5.41) is 6.53. The van der Waals surface area contributed by atoms with E-state index >= 15 is 0 Å². The molecule has 18 heavy (non-hydrogen) atoms. The number of nitrogens with one attached hydrogen (secondary N) is 2. The lowest BCUT2D eigenvalue weighted by atomic mass is 10.1. The maximum absolute atomic E-state index is 12.0. The molecule has 0 aliphatic carbocycles. The molecule has 2 fully saturated rings. The van der Waals surface area contributed by atoms with E-state index in [4.69, 9.17) is 0 Å². The molecule has 2 saturated heterocycles. The van der Waals surface area contributed by atoms with Crippen LogP contribution in [0.25, 0.3) is 0 Å². The van der Waals surface area contributed by atoms with Crippen molar-refractivity contribution >= 4 is 5.91 Å². The first-order valence-corrected chi connectivity index (χ1v) is 7.15. The van der Waals surface area contributed by atoms with Gasteiger partial charge in [0.25, 0.3) is 0 Å². The number of carbonyl (C=O) groups excluding carboxylic acids is 1. The fourth-order valence-electron chi connectivity index (χ4n) is 2.82. The predicted molar refractivity (Wildman–Crippen MR) is 72.6 cm³/mol. The summed E-state index contributed by atoms with van der Waals surface area (Å²) in [6, 6.07) is 0.348. The molecule has 1 amide bonds. The van der Waals surface area contributed by atoms with Crippen molar-refractivity contribution in [1.82, 2.24) is 20.4 Å². The molecule has 0 radical (unpaired) electrons. The van der Waals surface area contributed by atoms with Crippen molar-refractivity contribution in [1.29, 1.82) is 0 Å². The number of likely N-dealkylation sites (tertiary alicyclic amines) is 1. The van der Waals surface area contributed by atoms with Crippen molar-refractivity contribution < 1.29 is 4.79 Å². The van der Waals surface area contributed by atoms with Crippen molar-refractivity contribution in [3.8, 4) is 0 Å². The predicted octanol–water partition coefficient (Wildman–Crippen LogP) is -0.508. The summed E-state index contributed by atoms with van der Waals surface area (Å²) in [4.78, 5) is 16.6. The van der Waals surface area contributed by atoms with Crippen molar-refractivity contribution in [2.45, 2.75) is 25.3 Å². The maximum Gasteiger partial charge on any atom is 0.234 e. The van der Waals surface area contributed by atoms with Crippen LogP contribution >= 0.6 is 0 Å². The standard InChI is InChI=1S/C13H26N4O/c1-16-7-2-4-12(10-16)15-13(18)11-17-8-3-5-14-6-9-17/h12,14H,2-11H2,1H3,(H,15,18). The molecule has 2 rings (SSSR count). The molecular weight excluding hydrogens is 228 g/mol. The van der Waals surface area contributed by atoms with E-state index in [1.54, 1.807) is 0 Å². The smallest absolute Gasteiger partial charge is 0.234 e. The summed E-state index contributed by atoms with van der Waals surface area (Å²) in [7, 11) is 2.12. The van der Waals surface area contributed by atoms with E-state index in [1.807, 2.05) is 0 Å². The Hall–Kier alpha value is -0.650. The Balaban J connectivity index is 1.70. The van der Waals surface area contributed by atoms with Crippen LogP contribution in [0.3, 0.4) is 0 Å². The Morgan fingerprint density at radius 2 is 2.17 bits per heavy atom. The third kappa shape index (κ3) is 4.55. The lowest BCUT2D eigenvalue weighted by Gasteiger charge is -2.30. The third-order valence-corrected chi connectivity index (χ3v) is 3.79. The van der Waals surface area contributed by atoms with Crippen molar-refractivity contribution in [2.75, 3.05) is 52.9 Å². The number of piperidine rings is 1. The van der Waals surface area contributed by atoms with Gasteiger partial charge in [-0.3, -0.25) is 9.69 Å². The zero-order valence-corrected chi connectivity index (χ0v) is 11.5. The van der Waals surface area contributed by atoms with E-state index in [0.717, 1.165) is 52.1 Å². The highest BCUT2D eigenvalue weighted by Gasteiger charge is 2.20. The topological polar surface area (TPSA) is 47.6 Å². The fraction of sp³-hybridized carbons (Fsp3) is 0.923. The van der Waals surface area contributed by atoms with Crippen molar-refractivity contribution in [2.24, 2.45) is 0 Å². The van der Waals surface area contributed by atoms with Crippen LogP contribution in [0.1, 0.15) is 19.3 Å². The average molecular weight is 254 g/mol. The van der Waals surface area contributed by atoms with Gasteiger partial charge in [0.2, 0.25) is 5.91 Å². The van der Waals surface area contributed by atoms with Gasteiger partial charge in [-0.05, 0) is 45.9 Å². The maximum atomic E-state index is 12.0. The molecule has 0 spiro atoms. The van der Waals surface area contributed by atoms with Gasteiger partial charge in [-0.25, -0.2) is 0 Å². The van der Waals surface area contributed by atoms with Crippen LogP contribution in [-0.2, 0) is 4.79 Å². The van der Waals surface area contributed by atoms with E-state index in [9.17, 15) is 4.79 Å².